The number of carbonyl (C=O) groups excluding carboxylic acids is 1. The highest BCUT2D eigenvalue weighted by atomic mass is 16.6. The normalized spacial score (nSPS) is 26.8. The zero-order valence-corrected chi connectivity index (χ0v) is 12.9. The van der Waals surface area contributed by atoms with Gasteiger partial charge >= 0.3 is 0 Å². The van der Waals surface area contributed by atoms with Crippen molar-refractivity contribution in [1.29, 1.82) is 0 Å². The number of hydrogen-bond acceptors (Lipinski definition) is 9. The Labute approximate surface area is 136 Å². The predicted octanol–water partition coefficient (Wildman–Crippen LogP) is -2.21. The van der Waals surface area contributed by atoms with Crippen LogP contribution in [0.15, 0.2) is 12.7 Å². The van der Waals surface area contributed by atoms with Gasteiger partial charge in [-0.3, -0.25) is 9.36 Å². The van der Waals surface area contributed by atoms with Gasteiger partial charge in [-0.25, -0.2) is 15.0 Å². The van der Waals surface area contributed by atoms with Gasteiger partial charge in [0.2, 0.25) is 5.91 Å². The summed E-state index contributed by atoms with van der Waals surface area (Å²) < 4.78 is 12.7. The summed E-state index contributed by atoms with van der Waals surface area (Å²) in [6, 6.07) is 0. The molecule has 1 amide bonds. The van der Waals surface area contributed by atoms with Crippen LogP contribution in [0.3, 0.4) is 0 Å². The molecule has 1 saturated heterocycles. The fourth-order valence-electron chi connectivity index (χ4n) is 2.57. The van der Waals surface area contributed by atoms with E-state index in [1.165, 1.54) is 24.3 Å². The quantitative estimate of drug-likeness (QED) is 0.474. The van der Waals surface area contributed by atoms with E-state index in [0.717, 1.165) is 0 Å². The highest BCUT2D eigenvalue weighted by Crippen LogP contribution is 2.33. The number of anilines is 1. The van der Waals surface area contributed by atoms with Crippen LogP contribution in [0.5, 0.6) is 0 Å². The average Bonchev–Trinajstić information content (AvgIpc) is 3.14. The van der Waals surface area contributed by atoms with Crippen LogP contribution in [0.25, 0.3) is 11.2 Å². The molecule has 5 N–H and O–H groups in total. The molecule has 0 saturated carbocycles. The second-order valence-electron chi connectivity index (χ2n) is 5.27. The van der Waals surface area contributed by atoms with Crippen molar-refractivity contribution < 1.29 is 24.5 Å². The van der Waals surface area contributed by atoms with Crippen LogP contribution >= 0.6 is 0 Å². The van der Waals surface area contributed by atoms with E-state index in [2.05, 4.69) is 20.3 Å². The molecule has 1 fully saturated rings. The Balaban J connectivity index is 1.93. The van der Waals surface area contributed by atoms with Crippen molar-refractivity contribution in [3.8, 4) is 0 Å². The fraction of sp³-hybridized carbons (Fsp3) is 0.538. The number of aliphatic hydroxyl groups is 2. The summed E-state index contributed by atoms with van der Waals surface area (Å²) in [5.41, 5.74) is 6.54. The lowest BCUT2D eigenvalue weighted by atomic mass is 10.1. The number of ether oxygens (including phenoxy) is 2. The molecule has 0 aromatic carbocycles. The maximum atomic E-state index is 11.4. The molecule has 24 heavy (non-hydrogen) atoms. The number of amides is 1. The molecule has 3 heterocycles. The minimum atomic E-state index is -1.12. The van der Waals surface area contributed by atoms with Gasteiger partial charge in [0.1, 0.15) is 36.8 Å². The molecule has 1 aliphatic rings. The van der Waals surface area contributed by atoms with Gasteiger partial charge in [0.15, 0.2) is 17.7 Å². The standard InChI is InChI=1S/C13H18N6O5/c1-15-7(21)3-23-10-9(22)6(2-20)24-13(10)19-5-18-8-11(14)16-4-17-12(8)19/h4-6,9-10,13,20,22H,2-3H2,1H3,(H,15,21)(H2,14,16,17)/t6-,9-,10-,13-/m1/s1. The summed E-state index contributed by atoms with van der Waals surface area (Å²) >= 11 is 0. The van der Waals surface area contributed by atoms with E-state index in [0.29, 0.717) is 11.2 Å². The van der Waals surface area contributed by atoms with Crippen LogP contribution < -0.4 is 11.1 Å². The van der Waals surface area contributed by atoms with Crippen LogP contribution in [0.2, 0.25) is 0 Å². The second kappa shape index (κ2) is 6.65. The molecule has 0 radical (unpaired) electrons. The molecule has 130 valence electrons. The number of nitrogen functional groups attached to an aromatic ring is 1. The molecule has 2 aromatic rings. The highest BCUT2D eigenvalue weighted by Gasteiger charge is 2.46. The van der Waals surface area contributed by atoms with E-state index < -0.39 is 31.1 Å². The van der Waals surface area contributed by atoms with Gasteiger partial charge in [-0.1, -0.05) is 0 Å². The first-order chi connectivity index (χ1) is 11.6. The SMILES string of the molecule is CNC(=O)CO[C@@H]1[C@H](O)[C@@H](CO)O[C@H]1n1cnc2c(N)ncnc21. The molecule has 11 heteroatoms. The fourth-order valence-corrected chi connectivity index (χ4v) is 2.57. The smallest absolute Gasteiger partial charge is 0.245 e. The van der Waals surface area contributed by atoms with E-state index in [-0.39, 0.29) is 18.3 Å². The number of carbonyl (C=O) groups is 1. The third-order valence-electron chi connectivity index (χ3n) is 3.84. The first kappa shape index (κ1) is 16.5. The molecular formula is C13H18N6O5. The van der Waals surface area contributed by atoms with Crippen LogP contribution in [0, 0.1) is 0 Å². The molecule has 0 aliphatic carbocycles. The maximum absolute atomic E-state index is 11.4. The van der Waals surface area contributed by atoms with E-state index in [9.17, 15) is 15.0 Å². The van der Waals surface area contributed by atoms with Crippen molar-refractivity contribution >= 4 is 22.9 Å². The first-order valence-electron chi connectivity index (χ1n) is 7.26. The largest absolute Gasteiger partial charge is 0.394 e. The Kier molecular flexibility index (Phi) is 4.57. The Morgan fingerprint density at radius 2 is 2.29 bits per heavy atom. The lowest BCUT2D eigenvalue weighted by Crippen LogP contribution is -2.38. The molecule has 3 rings (SSSR count). The van der Waals surface area contributed by atoms with Crippen molar-refractivity contribution in [3.63, 3.8) is 0 Å². The van der Waals surface area contributed by atoms with Crippen LogP contribution in [-0.4, -0.2) is 74.2 Å². The zero-order valence-electron chi connectivity index (χ0n) is 12.9. The number of nitrogens with zero attached hydrogens (tertiary/aromatic N) is 4. The van der Waals surface area contributed by atoms with Crippen molar-refractivity contribution in [1.82, 2.24) is 24.8 Å². The number of rotatable bonds is 5. The molecule has 4 atom stereocenters. The number of fused-ring (bicyclic) bond motifs is 1. The minimum Gasteiger partial charge on any atom is -0.394 e. The summed E-state index contributed by atoms with van der Waals surface area (Å²) in [5.74, 6) is -0.144. The summed E-state index contributed by atoms with van der Waals surface area (Å²) in [4.78, 5) is 23.5. The van der Waals surface area contributed by atoms with Crippen LogP contribution in [0.4, 0.5) is 5.82 Å². The number of aromatic nitrogens is 4. The maximum Gasteiger partial charge on any atom is 0.245 e. The Hall–Kier alpha value is -2.34. The van der Waals surface area contributed by atoms with Crippen molar-refractivity contribution in [2.24, 2.45) is 0 Å². The topological polar surface area (TPSA) is 158 Å². The number of nitrogens with one attached hydrogen (secondary N) is 1. The molecule has 0 unspecified atom stereocenters. The molecular weight excluding hydrogens is 320 g/mol. The van der Waals surface area contributed by atoms with Crippen LogP contribution in [-0.2, 0) is 14.3 Å². The average molecular weight is 338 g/mol. The van der Waals surface area contributed by atoms with E-state index >= 15 is 0 Å². The molecule has 11 nitrogen and oxygen atoms in total. The number of nitrogens with two attached hydrogens (primary N) is 1. The van der Waals surface area contributed by atoms with Crippen molar-refractivity contribution in [2.45, 2.75) is 24.5 Å². The second-order valence-corrected chi connectivity index (χ2v) is 5.27. The summed E-state index contributed by atoms with van der Waals surface area (Å²) in [5, 5.41) is 22.1. The summed E-state index contributed by atoms with van der Waals surface area (Å²) in [6.07, 6.45) is -0.995. The van der Waals surface area contributed by atoms with Gasteiger partial charge in [0.25, 0.3) is 0 Å². The third-order valence-corrected chi connectivity index (χ3v) is 3.84. The van der Waals surface area contributed by atoms with Gasteiger partial charge in [-0.15, -0.1) is 0 Å². The molecule has 0 bridgehead atoms. The zero-order chi connectivity index (χ0) is 17.3. The predicted molar refractivity (Wildman–Crippen MR) is 80.5 cm³/mol. The third kappa shape index (κ3) is 2.78. The Bertz CT molecular complexity index is 737. The van der Waals surface area contributed by atoms with Crippen LogP contribution in [0.1, 0.15) is 6.23 Å². The van der Waals surface area contributed by atoms with E-state index in [1.807, 2.05) is 0 Å². The number of likely N-dealkylation sites (N-methyl/N-ethyl adjacent to an activating group) is 1. The first-order valence-corrected chi connectivity index (χ1v) is 7.26. The molecule has 0 spiro atoms. The van der Waals surface area contributed by atoms with Crippen molar-refractivity contribution in [2.75, 3.05) is 26.0 Å². The molecule has 2 aromatic heterocycles. The Morgan fingerprint density at radius 3 is 3.00 bits per heavy atom. The Morgan fingerprint density at radius 1 is 1.50 bits per heavy atom. The summed E-state index contributed by atoms with van der Waals surface area (Å²) in [7, 11) is 1.48. The highest BCUT2D eigenvalue weighted by molar-refractivity contribution is 5.81. The summed E-state index contributed by atoms with van der Waals surface area (Å²) in [6.45, 7) is -0.665. The lowest BCUT2D eigenvalue weighted by molar-refractivity contribution is -0.132. The van der Waals surface area contributed by atoms with Gasteiger partial charge in [-0.05, 0) is 0 Å². The van der Waals surface area contributed by atoms with E-state index in [1.54, 1.807) is 0 Å². The number of hydrogen-bond donors (Lipinski definition) is 4. The number of imidazole rings is 1. The van der Waals surface area contributed by atoms with Gasteiger partial charge in [0.05, 0.1) is 12.9 Å². The van der Waals surface area contributed by atoms with Crippen molar-refractivity contribution in [3.05, 3.63) is 12.7 Å². The monoisotopic (exact) mass is 338 g/mol. The van der Waals surface area contributed by atoms with Gasteiger partial charge in [-0.2, -0.15) is 0 Å². The minimum absolute atomic E-state index is 0.207. The number of aliphatic hydroxyl groups excluding tert-OH is 2. The van der Waals surface area contributed by atoms with E-state index in [4.69, 9.17) is 15.2 Å². The van der Waals surface area contributed by atoms with Gasteiger partial charge < -0.3 is 30.7 Å². The van der Waals surface area contributed by atoms with Gasteiger partial charge in [0, 0.05) is 7.05 Å². The lowest BCUT2D eigenvalue weighted by Gasteiger charge is -2.21. The molecule has 1 aliphatic heterocycles.